The summed E-state index contributed by atoms with van der Waals surface area (Å²) >= 11 is 0. The van der Waals surface area contributed by atoms with Gasteiger partial charge in [0.15, 0.2) is 11.5 Å². The van der Waals surface area contributed by atoms with Crippen LogP contribution in [0.1, 0.15) is 15.9 Å². The molecular formula is C24H26N2O6S. The molecule has 174 valence electrons. The maximum atomic E-state index is 13.1. The molecule has 0 heterocycles. The Labute approximate surface area is 193 Å². The fraction of sp³-hybridized carbons (Fsp3) is 0.208. The third-order valence-corrected chi connectivity index (χ3v) is 6.78. The molecule has 3 aromatic carbocycles. The number of amides is 1. The maximum Gasteiger partial charge on any atom is 0.264 e. The van der Waals surface area contributed by atoms with Crippen LogP contribution in [0.4, 0.5) is 11.4 Å². The SMILES string of the molecule is COCc1cccc(NC(=O)c2ccc(N(C)S(=O)(=O)c3ccc(OC)c(OC)c3)cc2)c1. The first kappa shape index (κ1) is 24.1. The molecule has 0 aliphatic heterocycles. The summed E-state index contributed by atoms with van der Waals surface area (Å²) < 4.78 is 42.8. The van der Waals surface area contributed by atoms with E-state index in [1.807, 2.05) is 18.2 Å². The second kappa shape index (κ2) is 10.4. The highest BCUT2D eigenvalue weighted by Crippen LogP contribution is 2.31. The molecule has 1 N–H and O–H groups in total. The molecule has 0 atom stereocenters. The van der Waals surface area contributed by atoms with Gasteiger partial charge in [-0.2, -0.15) is 0 Å². The van der Waals surface area contributed by atoms with Gasteiger partial charge in [-0.15, -0.1) is 0 Å². The predicted molar refractivity (Wildman–Crippen MR) is 127 cm³/mol. The molecule has 0 aliphatic rings. The van der Waals surface area contributed by atoms with E-state index in [2.05, 4.69) is 5.32 Å². The van der Waals surface area contributed by atoms with Gasteiger partial charge in [-0.1, -0.05) is 12.1 Å². The van der Waals surface area contributed by atoms with Crippen molar-refractivity contribution in [2.24, 2.45) is 0 Å². The van der Waals surface area contributed by atoms with Gasteiger partial charge in [-0.25, -0.2) is 8.42 Å². The highest BCUT2D eigenvalue weighted by Gasteiger charge is 2.23. The number of hydrogen-bond donors (Lipinski definition) is 1. The van der Waals surface area contributed by atoms with E-state index >= 15 is 0 Å². The third kappa shape index (κ3) is 5.44. The van der Waals surface area contributed by atoms with E-state index in [0.717, 1.165) is 9.87 Å². The van der Waals surface area contributed by atoms with Gasteiger partial charge in [0.2, 0.25) is 0 Å². The monoisotopic (exact) mass is 470 g/mol. The summed E-state index contributed by atoms with van der Waals surface area (Å²) in [5.41, 5.74) is 2.38. The highest BCUT2D eigenvalue weighted by molar-refractivity contribution is 7.92. The zero-order valence-corrected chi connectivity index (χ0v) is 19.7. The van der Waals surface area contributed by atoms with Crippen LogP contribution in [0.25, 0.3) is 0 Å². The largest absolute Gasteiger partial charge is 0.493 e. The minimum absolute atomic E-state index is 0.0559. The van der Waals surface area contributed by atoms with Crippen molar-refractivity contribution in [2.75, 3.05) is 38.0 Å². The molecule has 8 nitrogen and oxygen atoms in total. The number of carbonyl (C=O) groups excluding carboxylic acids is 1. The molecule has 0 aromatic heterocycles. The molecule has 0 bridgehead atoms. The fourth-order valence-electron chi connectivity index (χ4n) is 3.21. The average Bonchev–Trinajstić information content (AvgIpc) is 2.83. The minimum Gasteiger partial charge on any atom is -0.493 e. The molecule has 0 saturated carbocycles. The summed E-state index contributed by atoms with van der Waals surface area (Å²) in [5, 5.41) is 2.83. The Bertz CT molecular complexity index is 1230. The van der Waals surface area contributed by atoms with Crippen LogP contribution in [-0.2, 0) is 21.4 Å². The number of nitrogens with zero attached hydrogens (tertiary/aromatic N) is 1. The van der Waals surface area contributed by atoms with Crippen molar-refractivity contribution in [3.05, 3.63) is 77.9 Å². The summed E-state index contributed by atoms with van der Waals surface area (Å²) in [7, 11) is 2.12. The number of rotatable bonds is 9. The normalized spacial score (nSPS) is 11.0. The van der Waals surface area contributed by atoms with Gasteiger partial charge < -0.3 is 19.5 Å². The number of benzene rings is 3. The zero-order valence-electron chi connectivity index (χ0n) is 18.9. The Morgan fingerprint density at radius 3 is 2.24 bits per heavy atom. The Balaban J connectivity index is 1.77. The van der Waals surface area contributed by atoms with E-state index in [1.54, 1.807) is 37.4 Å². The highest BCUT2D eigenvalue weighted by atomic mass is 32.2. The molecule has 9 heteroatoms. The average molecular weight is 471 g/mol. The van der Waals surface area contributed by atoms with E-state index in [1.165, 1.54) is 39.5 Å². The van der Waals surface area contributed by atoms with E-state index in [4.69, 9.17) is 14.2 Å². The molecule has 3 rings (SSSR count). The number of methoxy groups -OCH3 is 3. The van der Waals surface area contributed by atoms with Crippen LogP contribution in [0, 0.1) is 0 Å². The fourth-order valence-corrected chi connectivity index (χ4v) is 4.42. The van der Waals surface area contributed by atoms with Gasteiger partial charge in [-0.05, 0) is 54.1 Å². The minimum atomic E-state index is -3.86. The molecule has 0 spiro atoms. The molecule has 33 heavy (non-hydrogen) atoms. The molecular weight excluding hydrogens is 444 g/mol. The van der Waals surface area contributed by atoms with Crippen LogP contribution >= 0.6 is 0 Å². The van der Waals surface area contributed by atoms with E-state index in [9.17, 15) is 13.2 Å². The molecule has 0 unspecified atom stereocenters. The summed E-state index contributed by atoms with van der Waals surface area (Å²) in [6.07, 6.45) is 0. The van der Waals surface area contributed by atoms with Crippen molar-refractivity contribution >= 4 is 27.3 Å². The van der Waals surface area contributed by atoms with E-state index in [0.29, 0.717) is 35.0 Å². The molecule has 0 aliphatic carbocycles. The zero-order chi connectivity index (χ0) is 24.0. The number of sulfonamides is 1. The molecule has 0 radical (unpaired) electrons. The van der Waals surface area contributed by atoms with Gasteiger partial charge in [0.1, 0.15) is 0 Å². The predicted octanol–water partition coefficient (Wildman–Crippen LogP) is 3.93. The molecule has 1 amide bonds. The van der Waals surface area contributed by atoms with Crippen molar-refractivity contribution in [3.63, 3.8) is 0 Å². The molecule has 0 saturated heterocycles. The van der Waals surface area contributed by atoms with Crippen molar-refractivity contribution in [3.8, 4) is 11.5 Å². The Morgan fingerprint density at radius 2 is 1.61 bits per heavy atom. The summed E-state index contributed by atoms with van der Waals surface area (Å²) in [6, 6.07) is 18.1. The standard InChI is InChI=1S/C24H26N2O6S/c1-26(33(28,29)21-12-13-22(31-3)23(15-21)32-4)20-10-8-18(9-11-20)24(27)25-19-7-5-6-17(14-19)16-30-2/h5-15H,16H2,1-4H3,(H,25,27). The lowest BCUT2D eigenvalue weighted by atomic mass is 10.1. The molecule has 3 aromatic rings. The van der Waals surface area contributed by atoms with Gasteiger partial charge in [0.25, 0.3) is 15.9 Å². The van der Waals surface area contributed by atoms with Crippen LogP contribution < -0.4 is 19.1 Å². The third-order valence-electron chi connectivity index (χ3n) is 5.00. The number of hydrogen-bond acceptors (Lipinski definition) is 6. The lowest BCUT2D eigenvalue weighted by molar-refractivity contribution is 0.102. The van der Waals surface area contributed by atoms with Crippen LogP contribution in [0.5, 0.6) is 11.5 Å². The van der Waals surface area contributed by atoms with Crippen molar-refractivity contribution < 1.29 is 27.4 Å². The van der Waals surface area contributed by atoms with E-state index in [-0.39, 0.29) is 10.8 Å². The first-order valence-electron chi connectivity index (χ1n) is 10.0. The van der Waals surface area contributed by atoms with Crippen molar-refractivity contribution in [2.45, 2.75) is 11.5 Å². The lowest BCUT2D eigenvalue weighted by Gasteiger charge is -2.20. The van der Waals surface area contributed by atoms with E-state index < -0.39 is 10.0 Å². The topological polar surface area (TPSA) is 94.2 Å². The number of anilines is 2. The Hall–Kier alpha value is -3.56. The lowest BCUT2D eigenvalue weighted by Crippen LogP contribution is -2.26. The van der Waals surface area contributed by atoms with Crippen LogP contribution in [-0.4, -0.2) is 42.7 Å². The maximum absolute atomic E-state index is 13.1. The first-order chi connectivity index (χ1) is 15.8. The summed E-state index contributed by atoms with van der Waals surface area (Å²) in [5.74, 6) is 0.442. The molecule has 0 fully saturated rings. The van der Waals surface area contributed by atoms with Gasteiger partial charge >= 0.3 is 0 Å². The summed E-state index contributed by atoms with van der Waals surface area (Å²) in [6.45, 7) is 0.444. The summed E-state index contributed by atoms with van der Waals surface area (Å²) in [4.78, 5) is 12.7. The second-order valence-electron chi connectivity index (χ2n) is 7.12. The van der Waals surface area contributed by atoms with Gasteiger partial charge in [-0.3, -0.25) is 9.10 Å². The van der Waals surface area contributed by atoms with Gasteiger partial charge in [0.05, 0.1) is 31.4 Å². The Morgan fingerprint density at radius 1 is 0.909 bits per heavy atom. The van der Waals surface area contributed by atoms with Crippen LogP contribution in [0.2, 0.25) is 0 Å². The second-order valence-corrected chi connectivity index (χ2v) is 9.09. The number of ether oxygens (including phenoxy) is 3. The van der Waals surface area contributed by atoms with Crippen LogP contribution in [0.15, 0.2) is 71.6 Å². The van der Waals surface area contributed by atoms with Crippen molar-refractivity contribution in [1.82, 2.24) is 0 Å². The number of carbonyl (C=O) groups is 1. The quantitative estimate of drug-likeness (QED) is 0.509. The van der Waals surface area contributed by atoms with Crippen molar-refractivity contribution in [1.29, 1.82) is 0 Å². The Kier molecular flexibility index (Phi) is 7.57. The number of nitrogens with one attached hydrogen (secondary N) is 1. The first-order valence-corrected chi connectivity index (χ1v) is 11.4. The smallest absolute Gasteiger partial charge is 0.264 e. The van der Waals surface area contributed by atoms with Crippen LogP contribution in [0.3, 0.4) is 0 Å². The van der Waals surface area contributed by atoms with Gasteiger partial charge in [0, 0.05) is 31.5 Å².